The lowest BCUT2D eigenvalue weighted by Gasteiger charge is -2.14. The summed E-state index contributed by atoms with van der Waals surface area (Å²) in [6.07, 6.45) is 6.42. The molecule has 1 aliphatic rings. The van der Waals surface area contributed by atoms with E-state index in [0.29, 0.717) is 40.7 Å². The molecule has 1 fully saturated rings. The van der Waals surface area contributed by atoms with Gasteiger partial charge in [0.15, 0.2) is 11.0 Å². The molecular formula is C16H19ClN8O3S. The summed E-state index contributed by atoms with van der Waals surface area (Å²) in [5.41, 5.74) is 0.518. The minimum absolute atomic E-state index is 0.0519. The normalized spacial score (nSPS) is 16.6. The van der Waals surface area contributed by atoms with Gasteiger partial charge in [0.25, 0.3) is 0 Å². The lowest BCUT2D eigenvalue weighted by Crippen LogP contribution is -2.17. The first-order valence-electron chi connectivity index (χ1n) is 9.13. The summed E-state index contributed by atoms with van der Waals surface area (Å²) < 4.78 is 11.0. The van der Waals surface area contributed by atoms with Gasteiger partial charge in [0.1, 0.15) is 18.1 Å². The molecular weight excluding hydrogens is 420 g/mol. The van der Waals surface area contributed by atoms with Crippen LogP contribution in [-0.2, 0) is 23.7 Å². The molecule has 13 heteroatoms. The maximum Gasteiger partial charge on any atom is 0.307 e. The zero-order valence-corrected chi connectivity index (χ0v) is 17.2. The van der Waals surface area contributed by atoms with E-state index < -0.39 is 4.92 Å². The van der Waals surface area contributed by atoms with Crippen molar-refractivity contribution < 1.29 is 9.66 Å². The van der Waals surface area contributed by atoms with E-state index in [4.69, 9.17) is 16.3 Å². The topological polar surface area (TPSA) is 119 Å². The van der Waals surface area contributed by atoms with Crippen LogP contribution in [0.5, 0.6) is 0 Å². The maximum absolute atomic E-state index is 10.8. The second-order valence-electron chi connectivity index (χ2n) is 6.50. The summed E-state index contributed by atoms with van der Waals surface area (Å²) in [7, 11) is 0. The number of aryl methyl sites for hydroxylation is 1. The van der Waals surface area contributed by atoms with E-state index in [1.807, 2.05) is 11.5 Å². The van der Waals surface area contributed by atoms with Gasteiger partial charge in [-0.05, 0) is 19.8 Å². The zero-order chi connectivity index (χ0) is 20.4. The second kappa shape index (κ2) is 8.51. The fraction of sp³-hybridized carbons (Fsp3) is 0.500. The van der Waals surface area contributed by atoms with Crippen molar-refractivity contribution in [1.29, 1.82) is 0 Å². The predicted octanol–water partition coefficient (Wildman–Crippen LogP) is 2.85. The smallest absolute Gasteiger partial charge is 0.307 e. The fourth-order valence-electron chi connectivity index (χ4n) is 3.08. The lowest BCUT2D eigenvalue weighted by atomic mass is 10.2. The monoisotopic (exact) mass is 438 g/mol. The molecule has 0 spiro atoms. The van der Waals surface area contributed by atoms with Gasteiger partial charge in [0, 0.05) is 19.3 Å². The minimum Gasteiger partial charge on any atom is -0.376 e. The quantitative estimate of drug-likeness (QED) is 0.299. The Morgan fingerprint density at radius 3 is 2.90 bits per heavy atom. The summed E-state index contributed by atoms with van der Waals surface area (Å²) in [5.74, 6) is 0.931. The molecule has 3 aromatic heterocycles. The van der Waals surface area contributed by atoms with Crippen LogP contribution in [0.25, 0.3) is 11.5 Å². The van der Waals surface area contributed by atoms with E-state index in [9.17, 15) is 10.1 Å². The summed E-state index contributed by atoms with van der Waals surface area (Å²) in [6.45, 7) is 4.00. The van der Waals surface area contributed by atoms with Crippen LogP contribution in [0.2, 0.25) is 5.02 Å². The molecule has 0 amide bonds. The van der Waals surface area contributed by atoms with Gasteiger partial charge < -0.3 is 4.74 Å². The van der Waals surface area contributed by atoms with Crippen molar-refractivity contribution in [3.05, 3.63) is 33.7 Å². The van der Waals surface area contributed by atoms with Crippen LogP contribution < -0.4 is 0 Å². The molecule has 11 nitrogen and oxygen atoms in total. The van der Waals surface area contributed by atoms with Gasteiger partial charge in [-0.25, -0.2) is 0 Å². The van der Waals surface area contributed by atoms with Crippen LogP contribution in [0, 0.1) is 10.1 Å². The standard InChI is InChI=1S/C16H19ClN8O3S/c1-2-22-9-13(17)14(21-22)15-19-20-16(24(15)8-12-4-3-5-28-12)29-10-23-7-11(6-18-23)25(26)27/h6-7,9,12H,2-5,8,10H2,1H3/t12-/m1/s1. The van der Waals surface area contributed by atoms with Gasteiger partial charge in [-0.15, -0.1) is 10.2 Å². The number of nitrogens with zero attached hydrogens (tertiary/aromatic N) is 8. The second-order valence-corrected chi connectivity index (χ2v) is 7.82. The number of ether oxygens (including phenoxy) is 1. The molecule has 0 bridgehead atoms. The average molecular weight is 439 g/mol. The largest absolute Gasteiger partial charge is 0.376 e. The van der Waals surface area contributed by atoms with Crippen LogP contribution in [0.4, 0.5) is 5.69 Å². The minimum atomic E-state index is -0.474. The first kappa shape index (κ1) is 19.9. The van der Waals surface area contributed by atoms with Gasteiger partial charge in [-0.1, -0.05) is 23.4 Å². The highest BCUT2D eigenvalue weighted by atomic mass is 35.5. The molecule has 0 saturated carbocycles. The highest BCUT2D eigenvalue weighted by Gasteiger charge is 2.24. The van der Waals surface area contributed by atoms with E-state index >= 15 is 0 Å². The molecule has 29 heavy (non-hydrogen) atoms. The fourth-order valence-corrected chi connectivity index (χ4v) is 4.12. The summed E-state index contributed by atoms with van der Waals surface area (Å²) in [6, 6.07) is 0. The van der Waals surface area contributed by atoms with Crippen LogP contribution in [-0.4, -0.2) is 52.0 Å². The van der Waals surface area contributed by atoms with E-state index in [1.165, 1.54) is 28.8 Å². The highest BCUT2D eigenvalue weighted by Crippen LogP contribution is 2.30. The number of thioether (sulfide) groups is 1. The van der Waals surface area contributed by atoms with Crippen LogP contribution in [0.15, 0.2) is 23.7 Å². The van der Waals surface area contributed by atoms with Crippen molar-refractivity contribution in [2.75, 3.05) is 6.61 Å². The van der Waals surface area contributed by atoms with Gasteiger partial charge in [0.2, 0.25) is 0 Å². The number of nitro groups is 1. The third-order valence-electron chi connectivity index (χ3n) is 4.54. The lowest BCUT2D eigenvalue weighted by molar-refractivity contribution is -0.385. The first-order chi connectivity index (χ1) is 14.0. The molecule has 4 rings (SSSR count). The van der Waals surface area contributed by atoms with E-state index in [0.717, 1.165) is 19.4 Å². The number of rotatable bonds is 8. The van der Waals surface area contributed by atoms with Gasteiger partial charge in [-0.3, -0.25) is 24.0 Å². The van der Waals surface area contributed by atoms with Crippen molar-refractivity contribution in [1.82, 2.24) is 34.3 Å². The third-order valence-corrected chi connectivity index (χ3v) is 5.77. The summed E-state index contributed by atoms with van der Waals surface area (Å²) in [4.78, 5) is 10.4. The predicted molar refractivity (Wildman–Crippen MR) is 106 cm³/mol. The molecule has 1 saturated heterocycles. The molecule has 0 N–H and O–H groups in total. The maximum atomic E-state index is 10.8. The van der Waals surface area contributed by atoms with Crippen molar-refractivity contribution in [2.45, 2.75) is 50.0 Å². The Balaban J connectivity index is 1.60. The molecule has 0 radical (unpaired) electrons. The molecule has 0 unspecified atom stereocenters. The first-order valence-corrected chi connectivity index (χ1v) is 10.5. The van der Waals surface area contributed by atoms with Gasteiger partial charge in [-0.2, -0.15) is 10.2 Å². The van der Waals surface area contributed by atoms with Crippen molar-refractivity contribution in [2.24, 2.45) is 0 Å². The van der Waals surface area contributed by atoms with Crippen molar-refractivity contribution in [3.63, 3.8) is 0 Å². The Bertz CT molecular complexity index is 1010. The molecule has 4 heterocycles. The number of halogens is 1. The average Bonchev–Trinajstić information content (AvgIpc) is 3.48. The van der Waals surface area contributed by atoms with E-state index in [1.54, 1.807) is 10.9 Å². The molecule has 0 aliphatic carbocycles. The Hall–Kier alpha value is -2.44. The number of hydrogen-bond acceptors (Lipinski definition) is 8. The number of hydrogen-bond donors (Lipinski definition) is 0. The summed E-state index contributed by atoms with van der Waals surface area (Å²) in [5, 5.41) is 29.1. The molecule has 3 aromatic rings. The molecule has 0 aromatic carbocycles. The molecule has 1 aliphatic heterocycles. The van der Waals surface area contributed by atoms with Crippen molar-refractivity contribution >= 4 is 29.1 Å². The van der Waals surface area contributed by atoms with Gasteiger partial charge >= 0.3 is 5.69 Å². The van der Waals surface area contributed by atoms with E-state index in [2.05, 4.69) is 20.4 Å². The van der Waals surface area contributed by atoms with Crippen LogP contribution in [0.1, 0.15) is 19.8 Å². The van der Waals surface area contributed by atoms with E-state index in [-0.39, 0.29) is 11.8 Å². The molecule has 1 atom stereocenters. The SMILES string of the molecule is CCn1cc(Cl)c(-c2nnc(SCn3cc([N+](=O)[O-])cn3)n2C[C@H]2CCCO2)n1. The highest BCUT2D eigenvalue weighted by molar-refractivity contribution is 7.98. The Morgan fingerprint density at radius 1 is 1.38 bits per heavy atom. The van der Waals surface area contributed by atoms with Gasteiger partial charge in [0.05, 0.1) is 28.5 Å². The number of aromatic nitrogens is 7. The summed E-state index contributed by atoms with van der Waals surface area (Å²) >= 11 is 7.76. The Kier molecular flexibility index (Phi) is 5.83. The Labute approximate surface area is 175 Å². The van der Waals surface area contributed by atoms with Crippen LogP contribution >= 0.6 is 23.4 Å². The zero-order valence-electron chi connectivity index (χ0n) is 15.6. The van der Waals surface area contributed by atoms with Crippen molar-refractivity contribution in [3.8, 4) is 11.5 Å². The Morgan fingerprint density at radius 2 is 2.24 bits per heavy atom. The molecule has 154 valence electrons. The third kappa shape index (κ3) is 4.28. The van der Waals surface area contributed by atoms with Crippen LogP contribution in [0.3, 0.4) is 0 Å².